The van der Waals surface area contributed by atoms with Crippen molar-refractivity contribution in [3.8, 4) is 27.4 Å². The number of para-hydroxylation sites is 1. The van der Waals surface area contributed by atoms with E-state index in [1.54, 1.807) is 28.4 Å². The van der Waals surface area contributed by atoms with Crippen LogP contribution in [0.5, 0.6) is 5.75 Å². The Hall–Kier alpha value is -6.64. The zero-order valence-electron chi connectivity index (χ0n) is 42.4. The van der Waals surface area contributed by atoms with Crippen molar-refractivity contribution in [1.29, 1.82) is 0 Å². The topological polar surface area (TPSA) is 209 Å². The van der Waals surface area contributed by atoms with E-state index in [-0.39, 0.29) is 36.6 Å². The number of carbonyl (C=O) groups excluding carboxylic acids is 3. The van der Waals surface area contributed by atoms with Crippen LogP contribution in [0.15, 0.2) is 72.5 Å². The number of hydrogen-bond acceptors (Lipinski definition) is 17. The van der Waals surface area contributed by atoms with Crippen molar-refractivity contribution in [3.63, 3.8) is 0 Å². The summed E-state index contributed by atoms with van der Waals surface area (Å²) in [4.78, 5) is 69.0. The number of carbonyl (C=O) groups is 3. The van der Waals surface area contributed by atoms with Gasteiger partial charge in [-0.15, -0.1) is 21.5 Å². The lowest BCUT2D eigenvalue weighted by atomic mass is 9.60. The zero-order valence-corrected chi connectivity index (χ0v) is 43.2. The van der Waals surface area contributed by atoms with Gasteiger partial charge in [0.2, 0.25) is 11.9 Å². The van der Waals surface area contributed by atoms with Crippen molar-refractivity contribution < 1.29 is 29.3 Å². The first kappa shape index (κ1) is 49.9. The maximum Gasteiger partial charge on any atom is 0.410 e. The highest BCUT2D eigenvalue weighted by Gasteiger charge is 2.56. The molecule has 5 aliphatic rings. The zero-order chi connectivity index (χ0) is 51.0. The van der Waals surface area contributed by atoms with Crippen LogP contribution in [-0.4, -0.2) is 171 Å². The van der Waals surface area contributed by atoms with Gasteiger partial charge >= 0.3 is 6.09 Å². The molecule has 73 heavy (non-hydrogen) atoms. The number of β-amino-alcohol motifs (C(OH)–C–C–N with tert-alkyl or cyclic N) is 1. The number of benzene rings is 2. The van der Waals surface area contributed by atoms with Crippen molar-refractivity contribution in [3.05, 3.63) is 83.8 Å². The second-order valence-corrected chi connectivity index (χ2v) is 22.2. The normalized spacial score (nSPS) is 20.7. The third-order valence-corrected chi connectivity index (χ3v) is 16.2. The van der Waals surface area contributed by atoms with Crippen LogP contribution in [0.2, 0.25) is 0 Å². The number of aliphatic hydroxyl groups is 1. The first-order valence-corrected chi connectivity index (χ1v) is 26.5. The van der Waals surface area contributed by atoms with E-state index in [1.165, 1.54) is 4.90 Å². The second-order valence-electron chi connectivity index (χ2n) is 21.4. The summed E-state index contributed by atoms with van der Waals surface area (Å²) in [6.07, 6.45) is 3.47. The lowest BCUT2D eigenvalue weighted by Gasteiger charge is -2.61. The molecule has 4 N–H and O–H groups in total. The van der Waals surface area contributed by atoms with Crippen LogP contribution in [-0.2, 0) is 20.9 Å². The molecule has 19 nitrogen and oxygen atoms in total. The van der Waals surface area contributed by atoms with Gasteiger partial charge in [-0.1, -0.05) is 57.2 Å². The Labute approximate surface area is 430 Å². The fourth-order valence-electron chi connectivity index (χ4n) is 11.1. The Balaban J connectivity index is 0.663. The summed E-state index contributed by atoms with van der Waals surface area (Å²) in [6, 6.07) is 16.7. The number of anilines is 4. The molecule has 4 aliphatic heterocycles. The molecule has 386 valence electrons. The van der Waals surface area contributed by atoms with E-state index in [1.807, 2.05) is 95.0 Å². The minimum absolute atomic E-state index is 0.0119. The van der Waals surface area contributed by atoms with Gasteiger partial charge in [-0.25, -0.2) is 19.7 Å². The Morgan fingerprint density at radius 1 is 0.890 bits per heavy atom. The number of aromatic nitrogens is 5. The molecule has 20 heteroatoms. The lowest BCUT2D eigenvalue weighted by Crippen LogP contribution is -2.69. The van der Waals surface area contributed by atoms with Gasteiger partial charge in [-0.3, -0.25) is 14.5 Å². The Morgan fingerprint density at radius 3 is 2.23 bits per heavy atom. The highest BCUT2D eigenvalue weighted by molar-refractivity contribution is 7.13. The predicted molar refractivity (Wildman–Crippen MR) is 281 cm³/mol. The van der Waals surface area contributed by atoms with Crippen LogP contribution in [0.3, 0.4) is 0 Å². The number of aryl methyl sites for hydroxylation is 1. The number of aliphatic hydroxyl groups excluding tert-OH is 1. The summed E-state index contributed by atoms with van der Waals surface area (Å²) in [7, 11) is 0. The van der Waals surface area contributed by atoms with Gasteiger partial charge in [0.05, 0.1) is 51.6 Å². The first-order valence-electron chi connectivity index (χ1n) is 25.6. The molecule has 0 radical (unpaired) electrons. The molecule has 1 saturated carbocycles. The molecule has 5 fully saturated rings. The fraction of sp³-hybridized carbons (Fsp3) is 0.509. The van der Waals surface area contributed by atoms with Crippen molar-refractivity contribution in [2.75, 3.05) is 98.6 Å². The minimum atomic E-state index is -1.14. The molecular weight excluding hydrogens is 947 g/mol. The fourth-order valence-corrected chi connectivity index (χ4v) is 11.9. The Morgan fingerprint density at radius 2 is 1.58 bits per heavy atom. The summed E-state index contributed by atoms with van der Waals surface area (Å²) in [5.41, 5.74) is 7.30. The van der Waals surface area contributed by atoms with Gasteiger partial charge in [0.25, 0.3) is 5.91 Å². The quantitative estimate of drug-likeness (QED) is 0.119. The van der Waals surface area contributed by atoms with Crippen LogP contribution >= 0.6 is 11.3 Å². The summed E-state index contributed by atoms with van der Waals surface area (Å²) in [5, 5.41) is 36.3. The van der Waals surface area contributed by atoms with Gasteiger partial charge in [-0.2, -0.15) is 0 Å². The molecule has 2 aromatic carbocycles. The van der Waals surface area contributed by atoms with Gasteiger partial charge in [0, 0.05) is 114 Å². The molecule has 3 amide bonds. The smallest absolute Gasteiger partial charge is 0.410 e. The molecule has 5 aromatic rings. The molecule has 1 spiro atoms. The monoisotopic (exact) mass is 1010 g/mol. The molecule has 7 heterocycles. The predicted octanol–water partition coefficient (Wildman–Crippen LogP) is 5.25. The number of phenolic OH excluding ortho intramolecular Hbond substituents is 1. The van der Waals surface area contributed by atoms with Crippen molar-refractivity contribution >= 4 is 52.4 Å². The summed E-state index contributed by atoms with van der Waals surface area (Å²) < 4.78 is 6.02. The largest absolute Gasteiger partial charge is 0.507 e. The van der Waals surface area contributed by atoms with E-state index in [2.05, 4.69) is 45.4 Å². The molecule has 4 saturated heterocycles. The molecular formula is C53H67N13O6S. The Kier molecular flexibility index (Phi) is 14.2. The van der Waals surface area contributed by atoms with Crippen LogP contribution < -0.4 is 25.3 Å². The molecule has 3 atom stereocenters. The highest BCUT2D eigenvalue weighted by Crippen LogP contribution is 2.51. The number of phenols is 1. The maximum absolute atomic E-state index is 14.2. The molecule has 0 bridgehead atoms. The van der Waals surface area contributed by atoms with Crippen LogP contribution in [0.1, 0.15) is 58.2 Å². The van der Waals surface area contributed by atoms with Crippen molar-refractivity contribution in [2.45, 2.75) is 84.7 Å². The van der Waals surface area contributed by atoms with E-state index < -0.39 is 35.7 Å². The average molecular weight is 1010 g/mol. The third kappa shape index (κ3) is 10.6. The number of piperazine rings is 2. The van der Waals surface area contributed by atoms with E-state index in [0.29, 0.717) is 42.9 Å². The number of likely N-dealkylation sites (tertiary alicyclic amines) is 2. The van der Waals surface area contributed by atoms with Crippen molar-refractivity contribution in [2.24, 2.45) is 10.8 Å². The van der Waals surface area contributed by atoms with Crippen LogP contribution in [0, 0.1) is 17.8 Å². The standard InChI is InChI=1S/C53H67N13O6S/c1-6-54-47-42(24-41(59-60-47)40-9-7-8-10-44(40)68)63-19-21-64(22-20-63)50-56-28-38(29-57-50)62-17-15-61(16-18-62)37-25-53(26-37)31-65(32-53)51(71)72-46(52(3,4)5)49(70)66-30-39(67)23-43(66)48(69)55-27-35-11-13-36(14-12-35)45-34(2)58-33-73-45/h7-14,24,28-29,33,37,39,43,46,67-68H,6,15-23,25-27,30-32H2,1-5H3,(H,54,60)(H,55,69)/t39-,43+,46-/m1/s1. The van der Waals surface area contributed by atoms with Gasteiger partial charge < -0.3 is 50.1 Å². The summed E-state index contributed by atoms with van der Waals surface area (Å²) in [6.45, 7) is 18.3. The SMILES string of the molecule is CCNc1nnc(-c2ccccc2O)cc1N1CCN(c2ncc(N3CCN(C4CC5(C4)CN(C(=O)O[C@H](C(=O)N4C[C@H](O)C[C@H]4C(=O)NCc4ccc(-c6scnc6C)cc4)C(C)(C)C)C5)CC3)cn2)CC1. The third-order valence-electron chi connectivity index (χ3n) is 15.2. The molecule has 3 aromatic heterocycles. The van der Waals surface area contributed by atoms with E-state index in [9.17, 15) is 24.6 Å². The van der Waals surface area contributed by atoms with Crippen molar-refractivity contribution in [1.82, 2.24) is 45.2 Å². The van der Waals surface area contributed by atoms with Gasteiger partial charge in [0.15, 0.2) is 11.9 Å². The number of thiazole rings is 1. The number of nitrogens with zero attached hydrogens (tertiary/aromatic N) is 11. The van der Waals surface area contributed by atoms with Crippen LogP contribution in [0.4, 0.5) is 27.9 Å². The molecule has 10 rings (SSSR count). The molecule has 0 unspecified atom stereocenters. The summed E-state index contributed by atoms with van der Waals surface area (Å²) in [5.74, 6) is 0.775. The van der Waals surface area contributed by atoms with Gasteiger partial charge in [-0.05, 0) is 56.0 Å². The number of hydrogen-bond donors (Lipinski definition) is 4. The number of ether oxygens (including phenoxy) is 1. The number of rotatable bonds is 13. The highest BCUT2D eigenvalue weighted by atomic mass is 32.1. The maximum atomic E-state index is 14.2. The Bertz CT molecular complexity index is 2760. The number of amides is 3. The lowest BCUT2D eigenvalue weighted by molar-refractivity contribution is -0.153. The van der Waals surface area contributed by atoms with Gasteiger partial charge in [0.1, 0.15) is 11.8 Å². The number of nitrogens with one attached hydrogen (secondary N) is 2. The van der Waals surface area contributed by atoms with E-state index in [0.717, 1.165) is 104 Å². The number of aromatic hydroxyl groups is 1. The second kappa shape index (κ2) is 20.7. The van der Waals surface area contributed by atoms with E-state index >= 15 is 0 Å². The first-order chi connectivity index (χ1) is 35.1. The summed E-state index contributed by atoms with van der Waals surface area (Å²) >= 11 is 1.58. The minimum Gasteiger partial charge on any atom is -0.507 e. The van der Waals surface area contributed by atoms with Crippen LogP contribution in [0.25, 0.3) is 21.7 Å². The van der Waals surface area contributed by atoms with E-state index in [4.69, 9.17) is 14.7 Å². The average Bonchev–Trinajstić information content (AvgIpc) is 3.99. The molecule has 1 aliphatic carbocycles.